The van der Waals surface area contributed by atoms with Gasteiger partial charge in [0.15, 0.2) is 5.69 Å². The number of benzene rings is 1. The van der Waals surface area contributed by atoms with E-state index < -0.39 is 0 Å². The van der Waals surface area contributed by atoms with Crippen LogP contribution < -0.4 is 10.1 Å². The first-order valence-corrected chi connectivity index (χ1v) is 9.71. The molecular formula is C22H28N4O3. The number of carbonyl (C=O) groups excluding carboxylic acids is 1. The van der Waals surface area contributed by atoms with Crippen LogP contribution in [-0.4, -0.2) is 26.9 Å². The lowest BCUT2D eigenvalue weighted by atomic mass is 10.1. The molecule has 0 saturated heterocycles. The van der Waals surface area contributed by atoms with Gasteiger partial charge in [-0.25, -0.2) is 0 Å². The molecule has 0 saturated carbocycles. The predicted octanol–water partition coefficient (Wildman–Crippen LogP) is 3.81. The van der Waals surface area contributed by atoms with Crippen LogP contribution in [0.1, 0.15) is 51.3 Å². The zero-order valence-electron chi connectivity index (χ0n) is 17.9. The van der Waals surface area contributed by atoms with Crippen molar-refractivity contribution >= 4 is 5.91 Å². The van der Waals surface area contributed by atoms with E-state index in [1.807, 2.05) is 57.5 Å². The van der Waals surface area contributed by atoms with Crippen molar-refractivity contribution in [2.24, 2.45) is 0 Å². The Hall–Kier alpha value is -3.09. The maximum absolute atomic E-state index is 12.8. The first-order valence-electron chi connectivity index (χ1n) is 9.71. The average molecular weight is 396 g/mol. The molecule has 1 atom stereocenters. The molecule has 1 amide bonds. The van der Waals surface area contributed by atoms with Gasteiger partial charge >= 0.3 is 0 Å². The molecule has 154 valence electrons. The second kappa shape index (κ2) is 8.51. The summed E-state index contributed by atoms with van der Waals surface area (Å²) in [5.41, 5.74) is 5.17. The average Bonchev–Trinajstić information content (AvgIpc) is 3.13. The van der Waals surface area contributed by atoms with Gasteiger partial charge in [-0.1, -0.05) is 11.2 Å². The van der Waals surface area contributed by atoms with Crippen molar-refractivity contribution in [2.45, 2.75) is 60.7 Å². The molecule has 0 fully saturated rings. The molecule has 7 nitrogen and oxygen atoms in total. The number of aryl methyl sites for hydroxylation is 5. The molecule has 7 heteroatoms. The van der Waals surface area contributed by atoms with Crippen molar-refractivity contribution in [1.29, 1.82) is 0 Å². The van der Waals surface area contributed by atoms with E-state index in [0.29, 0.717) is 17.9 Å². The Kier molecular flexibility index (Phi) is 6.06. The van der Waals surface area contributed by atoms with Crippen LogP contribution in [0.4, 0.5) is 0 Å². The molecule has 0 aliphatic carbocycles. The van der Waals surface area contributed by atoms with Crippen molar-refractivity contribution in [2.75, 3.05) is 0 Å². The molecule has 0 bridgehead atoms. The third-order valence-electron chi connectivity index (χ3n) is 4.71. The van der Waals surface area contributed by atoms with Crippen LogP contribution in [-0.2, 0) is 13.2 Å². The normalized spacial score (nSPS) is 12.1. The number of aromatic nitrogens is 3. The summed E-state index contributed by atoms with van der Waals surface area (Å²) in [6, 6.07) is 7.90. The number of hydrogen-bond donors (Lipinski definition) is 1. The van der Waals surface area contributed by atoms with E-state index in [4.69, 9.17) is 9.26 Å². The highest BCUT2D eigenvalue weighted by Crippen LogP contribution is 2.20. The van der Waals surface area contributed by atoms with Crippen LogP contribution in [0, 0.1) is 34.6 Å². The third-order valence-corrected chi connectivity index (χ3v) is 4.71. The number of nitrogens with one attached hydrogen (secondary N) is 1. The predicted molar refractivity (Wildman–Crippen MR) is 110 cm³/mol. The van der Waals surface area contributed by atoms with E-state index in [9.17, 15) is 4.79 Å². The second-order valence-electron chi connectivity index (χ2n) is 7.66. The SMILES string of the molecule is Cc1cc(C)cc(OCc2c(C(=O)NC(C)Cn3nc(C)cc3C)noc2C)c1. The van der Waals surface area contributed by atoms with Gasteiger partial charge in [-0.3, -0.25) is 9.48 Å². The van der Waals surface area contributed by atoms with Gasteiger partial charge in [0.05, 0.1) is 17.8 Å². The zero-order chi connectivity index (χ0) is 21.1. The van der Waals surface area contributed by atoms with Crippen LogP contribution in [0.15, 0.2) is 28.8 Å². The van der Waals surface area contributed by atoms with Gasteiger partial charge in [-0.2, -0.15) is 5.10 Å². The molecule has 2 aromatic heterocycles. The summed E-state index contributed by atoms with van der Waals surface area (Å²) in [6.07, 6.45) is 0. The van der Waals surface area contributed by atoms with Crippen LogP contribution in [0.25, 0.3) is 0 Å². The summed E-state index contributed by atoms with van der Waals surface area (Å²) in [4.78, 5) is 12.8. The number of hydrogen-bond acceptors (Lipinski definition) is 5. The van der Waals surface area contributed by atoms with Crippen LogP contribution in [0.3, 0.4) is 0 Å². The summed E-state index contributed by atoms with van der Waals surface area (Å²) in [5.74, 6) is 1.05. The lowest BCUT2D eigenvalue weighted by molar-refractivity contribution is 0.0924. The molecule has 2 heterocycles. The number of carbonyl (C=O) groups is 1. The standard InChI is InChI=1S/C22H28N4O3/c1-13-7-14(2)9-19(8-13)28-12-20-18(6)29-25-21(20)22(27)23-16(4)11-26-17(5)10-15(3)24-26/h7-10,16H,11-12H2,1-6H3,(H,23,27). The Bertz CT molecular complexity index is 999. The van der Waals surface area contributed by atoms with Crippen molar-refractivity contribution in [3.8, 4) is 5.75 Å². The van der Waals surface area contributed by atoms with Gasteiger partial charge in [0.25, 0.3) is 5.91 Å². The molecule has 0 spiro atoms. The minimum absolute atomic E-state index is 0.120. The van der Waals surface area contributed by atoms with Crippen LogP contribution >= 0.6 is 0 Å². The van der Waals surface area contributed by atoms with Crippen LogP contribution in [0.5, 0.6) is 5.75 Å². The van der Waals surface area contributed by atoms with Crippen molar-refractivity contribution in [3.63, 3.8) is 0 Å². The highest BCUT2D eigenvalue weighted by molar-refractivity contribution is 5.93. The maximum Gasteiger partial charge on any atom is 0.274 e. The van der Waals surface area contributed by atoms with Gasteiger partial charge in [-0.05, 0) is 70.9 Å². The van der Waals surface area contributed by atoms with E-state index in [0.717, 1.165) is 28.3 Å². The Morgan fingerprint density at radius 3 is 2.45 bits per heavy atom. The number of rotatable bonds is 7. The van der Waals surface area contributed by atoms with E-state index in [1.54, 1.807) is 6.92 Å². The molecule has 1 aromatic carbocycles. The molecule has 1 unspecified atom stereocenters. The largest absolute Gasteiger partial charge is 0.489 e. The molecule has 3 aromatic rings. The minimum atomic E-state index is -0.282. The fraction of sp³-hybridized carbons (Fsp3) is 0.409. The molecule has 0 radical (unpaired) electrons. The molecule has 0 aliphatic heterocycles. The highest BCUT2D eigenvalue weighted by atomic mass is 16.5. The van der Waals surface area contributed by atoms with Crippen molar-refractivity contribution in [3.05, 3.63) is 63.8 Å². The summed E-state index contributed by atoms with van der Waals surface area (Å²) >= 11 is 0. The highest BCUT2D eigenvalue weighted by Gasteiger charge is 2.22. The Morgan fingerprint density at radius 2 is 1.83 bits per heavy atom. The van der Waals surface area contributed by atoms with Gasteiger partial charge in [0.1, 0.15) is 18.1 Å². The smallest absolute Gasteiger partial charge is 0.274 e. The fourth-order valence-electron chi connectivity index (χ4n) is 3.37. The molecule has 3 rings (SSSR count). The molecular weight excluding hydrogens is 368 g/mol. The third kappa shape index (κ3) is 5.04. The lowest BCUT2D eigenvalue weighted by Crippen LogP contribution is -2.36. The van der Waals surface area contributed by atoms with E-state index in [-0.39, 0.29) is 24.2 Å². The van der Waals surface area contributed by atoms with Gasteiger partial charge in [0, 0.05) is 11.7 Å². The fourth-order valence-corrected chi connectivity index (χ4v) is 3.37. The Labute approximate surface area is 171 Å². The van der Waals surface area contributed by atoms with Crippen molar-refractivity contribution < 1.29 is 14.1 Å². The first-order chi connectivity index (χ1) is 13.7. The van der Waals surface area contributed by atoms with E-state index in [1.165, 1.54) is 0 Å². The maximum atomic E-state index is 12.8. The van der Waals surface area contributed by atoms with E-state index >= 15 is 0 Å². The van der Waals surface area contributed by atoms with Gasteiger partial charge < -0.3 is 14.6 Å². The molecule has 1 N–H and O–H groups in total. The van der Waals surface area contributed by atoms with Gasteiger partial charge in [-0.15, -0.1) is 0 Å². The van der Waals surface area contributed by atoms with Crippen molar-refractivity contribution in [1.82, 2.24) is 20.3 Å². The van der Waals surface area contributed by atoms with E-state index in [2.05, 4.69) is 21.6 Å². The zero-order valence-corrected chi connectivity index (χ0v) is 17.9. The first kappa shape index (κ1) is 20.6. The number of ether oxygens (including phenoxy) is 1. The lowest BCUT2D eigenvalue weighted by Gasteiger charge is -2.15. The summed E-state index contributed by atoms with van der Waals surface area (Å²) in [7, 11) is 0. The summed E-state index contributed by atoms with van der Waals surface area (Å²) < 4.78 is 13.1. The minimum Gasteiger partial charge on any atom is -0.489 e. The topological polar surface area (TPSA) is 82.2 Å². The number of amides is 1. The Morgan fingerprint density at radius 1 is 1.14 bits per heavy atom. The second-order valence-corrected chi connectivity index (χ2v) is 7.66. The quantitative estimate of drug-likeness (QED) is 0.657. The molecule has 29 heavy (non-hydrogen) atoms. The summed E-state index contributed by atoms with van der Waals surface area (Å²) in [6.45, 7) is 12.5. The summed E-state index contributed by atoms with van der Waals surface area (Å²) in [5, 5.41) is 11.4. The van der Waals surface area contributed by atoms with Gasteiger partial charge in [0.2, 0.25) is 0 Å². The number of nitrogens with zero attached hydrogens (tertiary/aromatic N) is 3. The monoisotopic (exact) mass is 396 g/mol. The Balaban J connectivity index is 1.67. The molecule has 0 aliphatic rings. The van der Waals surface area contributed by atoms with Crippen LogP contribution in [0.2, 0.25) is 0 Å².